The number of para-hydroxylation sites is 1. The molecule has 0 saturated heterocycles. The maximum absolute atomic E-state index is 5.18. The average Bonchev–Trinajstić information content (AvgIpc) is 3.14. The summed E-state index contributed by atoms with van der Waals surface area (Å²) in [6.45, 7) is 5.14. The summed E-state index contributed by atoms with van der Waals surface area (Å²) in [6.07, 6.45) is 6.53. The molecule has 2 aromatic heterocycles. The van der Waals surface area contributed by atoms with Crippen molar-refractivity contribution in [1.29, 1.82) is 0 Å². The molecule has 3 aromatic rings. The minimum absolute atomic E-state index is 0.752. The highest BCUT2D eigenvalue weighted by Gasteiger charge is 2.20. The number of nitrogens with zero attached hydrogens (tertiary/aromatic N) is 4. The van der Waals surface area contributed by atoms with E-state index in [0.717, 1.165) is 48.2 Å². The summed E-state index contributed by atoms with van der Waals surface area (Å²) in [6, 6.07) is 10.5. The topological polar surface area (TPSA) is 52.8 Å². The first-order chi connectivity index (χ1) is 13.3. The maximum atomic E-state index is 5.18. The number of aryl methyl sites for hydroxylation is 2. The first kappa shape index (κ1) is 19.6. The van der Waals surface area contributed by atoms with Crippen LogP contribution in [0.3, 0.4) is 0 Å². The molecule has 0 atom stereocenters. The van der Waals surface area contributed by atoms with Gasteiger partial charge in [0.2, 0.25) is 0 Å². The molecule has 2 heterocycles. The van der Waals surface area contributed by atoms with Gasteiger partial charge in [0.05, 0.1) is 5.69 Å². The zero-order chi connectivity index (χ0) is 19.1. The third kappa shape index (κ3) is 4.39. The van der Waals surface area contributed by atoms with E-state index in [4.69, 9.17) is 4.74 Å². The summed E-state index contributed by atoms with van der Waals surface area (Å²) < 4.78 is 7.39. The first-order valence-electron chi connectivity index (χ1n) is 9.38. The lowest BCUT2D eigenvalue weighted by atomic mass is 10.0. The van der Waals surface area contributed by atoms with Crippen molar-refractivity contribution in [3.8, 4) is 17.1 Å². The second kappa shape index (κ2) is 9.67. The minimum atomic E-state index is 0.752. The van der Waals surface area contributed by atoms with Gasteiger partial charge in [0.1, 0.15) is 0 Å². The Hall–Kier alpha value is -2.18. The van der Waals surface area contributed by atoms with Gasteiger partial charge in [0.25, 0.3) is 0 Å². The molecule has 6 heteroatoms. The second-order valence-electron chi connectivity index (χ2n) is 6.21. The summed E-state index contributed by atoms with van der Waals surface area (Å²) in [5, 5.41) is 9.98. The molecular weight excluding hydrogens is 356 g/mol. The predicted molar refractivity (Wildman–Crippen MR) is 111 cm³/mol. The molecule has 3 rings (SSSR count). The molecule has 5 nitrogen and oxygen atoms in total. The number of thioether (sulfide) groups is 1. The molecule has 0 fully saturated rings. The molecule has 0 spiro atoms. The highest BCUT2D eigenvalue weighted by molar-refractivity contribution is 7.99. The van der Waals surface area contributed by atoms with Gasteiger partial charge in [-0.1, -0.05) is 43.8 Å². The van der Waals surface area contributed by atoms with Crippen LogP contribution in [0.15, 0.2) is 47.9 Å². The molecule has 0 radical (unpaired) electrons. The van der Waals surface area contributed by atoms with E-state index < -0.39 is 0 Å². The third-order valence-electron chi connectivity index (χ3n) is 4.47. The Labute approximate surface area is 165 Å². The van der Waals surface area contributed by atoms with Crippen LogP contribution in [-0.2, 0) is 17.6 Å². The van der Waals surface area contributed by atoms with Crippen LogP contribution in [0.2, 0.25) is 0 Å². The van der Waals surface area contributed by atoms with Crippen LogP contribution in [0.25, 0.3) is 17.1 Å². The number of rotatable bonds is 9. The molecule has 0 aliphatic heterocycles. The molecule has 0 N–H and O–H groups in total. The van der Waals surface area contributed by atoms with Gasteiger partial charge in [-0.3, -0.25) is 9.55 Å². The zero-order valence-corrected chi connectivity index (χ0v) is 17.0. The zero-order valence-electron chi connectivity index (χ0n) is 16.2. The number of aromatic nitrogens is 4. The summed E-state index contributed by atoms with van der Waals surface area (Å²) in [4.78, 5) is 4.27. The van der Waals surface area contributed by atoms with Crippen LogP contribution in [0.5, 0.6) is 0 Å². The van der Waals surface area contributed by atoms with Crippen LogP contribution in [0.4, 0.5) is 0 Å². The van der Waals surface area contributed by atoms with Crippen molar-refractivity contribution >= 4 is 11.8 Å². The van der Waals surface area contributed by atoms with Gasteiger partial charge in [-0.15, -0.1) is 10.2 Å². The SMILES string of the molecule is CCc1cccc(CC)c1-n1c(SCCCOC)nnc1-c1cccnc1. The fourth-order valence-electron chi connectivity index (χ4n) is 3.12. The summed E-state index contributed by atoms with van der Waals surface area (Å²) in [7, 11) is 1.73. The summed E-state index contributed by atoms with van der Waals surface area (Å²) >= 11 is 1.72. The smallest absolute Gasteiger partial charge is 0.196 e. The average molecular weight is 383 g/mol. The molecule has 142 valence electrons. The number of hydrogen-bond donors (Lipinski definition) is 0. The fraction of sp³-hybridized carbons (Fsp3) is 0.381. The van der Waals surface area contributed by atoms with Gasteiger partial charge >= 0.3 is 0 Å². The molecule has 0 aliphatic rings. The molecule has 0 bridgehead atoms. The van der Waals surface area contributed by atoms with Gasteiger partial charge in [-0.2, -0.15) is 0 Å². The molecule has 0 aliphatic carbocycles. The van der Waals surface area contributed by atoms with Crippen LogP contribution in [0, 0.1) is 0 Å². The molecule has 27 heavy (non-hydrogen) atoms. The molecule has 0 amide bonds. The normalized spacial score (nSPS) is 11.1. The van der Waals surface area contributed by atoms with Crippen molar-refractivity contribution in [2.24, 2.45) is 0 Å². The number of ether oxygens (including phenoxy) is 1. The van der Waals surface area contributed by atoms with Gasteiger partial charge in [0.15, 0.2) is 11.0 Å². The molecule has 0 unspecified atom stereocenters. The van der Waals surface area contributed by atoms with Crippen molar-refractivity contribution in [1.82, 2.24) is 19.7 Å². The van der Waals surface area contributed by atoms with Crippen LogP contribution < -0.4 is 0 Å². The fourth-order valence-corrected chi connectivity index (χ4v) is 3.97. The lowest BCUT2D eigenvalue weighted by Gasteiger charge is -2.17. The second-order valence-corrected chi connectivity index (χ2v) is 7.27. The lowest BCUT2D eigenvalue weighted by Crippen LogP contribution is -2.07. The summed E-state index contributed by atoms with van der Waals surface area (Å²) in [5.41, 5.74) is 4.79. The number of benzene rings is 1. The van der Waals surface area contributed by atoms with Crippen molar-refractivity contribution in [2.75, 3.05) is 19.5 Å². The highest BCUT2D eigenvalue weighted by atomic mass is 32.2. The highest BCUT2D eigenvalue weighted by Crippen LogP contribution is 2.32. The molecule has 1 aromatic carbocycles. The van der Waals surface area contributed by atoms with E-state index in [1.54, 1.807) is 25.1 Å². The van der Waals surface area contributed by atoms with E-state index in [1.807, 2.05) is 18.3 Å². The first-order valence-corrected chi connectivity index (χ1v) is 10.4. The van der Waals surface area contributed by atoms with Gasteiger partial charge in [0, 0.05) is 37.4 Å². The standard InChI is InChI=1S/C21H26N4OS/c1-4-16-9-6-10-17(5-2)19(16)25-20(18-11-7-12-22-15-18)23-24-21(25)27-14-8-13-26-3/h6-7,9-12,15H,4-5,8,13-14H2,1-3H3. The lowest BCUT2D eigenvalue weighted by molar-refractivity contribution is 0.200. The Morgan fingerprint density at radius 2 is 1.81 bits per heavy atom. The van der Waals surface area contributed by atoms with E-state index in [-0.39, 0.29) is 0 Å². The van der Waals surface area contributed by atoms with Gasteiger partial charge in [-0.25, -0.2) is 0 Å². The van der Waals surface area contributed by atoms with E-state index in [9.17, 15) is 0 Å². The minimum Gasteiger partial charge on any atom is -0.385 e. The molecule has 0 saturated carbocycles. The third-order valence-corrected chi connectivity index (χ3v) is 5.48. The maximum Gasteiger partial charge on any atom is 0.196 e. The van der Waals surface area contributed by atoms with Crippen molar-refractivity contribution in [3.05, 3.63) is 53.9 Å². The number of hydrogen-bond acceptors (Lipinski definition) is 5. The monoisotopic (exact) mass is 382 g/mol. The van der Waals surface area contributed by atoms with Crippen molar-refractivity contribution < 1.29 is 4.74 Å². The Balaban J connectivity index is 2.13. The van der Waals surface area contributed by atoms with Crippen molar-refractivity contribution in [3.63, 3.8) is 0 Å². The van der Waals surface area contributed by atoms with E-state index >= 15 is 0 Å². The van der Waals surface area contributed by atoms with E-state index in [0.29, 0.717) is 0 Å². The van der Waals surface area contributed by atoms with Crippen LogP contribution in [-0.4, -0.2) is 39.2 Å². The number of pyridine rings is 1. The largest absolute Gasteiger partial charge is 0.385 e. The van der Waals surface area contributed by atoms with Crippen LogP contribution >= 0.6 is 11.8 Å². The van der Waals surface area contributed by atoms with E-state index in [1.165, 1.54) is 16.8 Å². The van der Waals surface area contributed by atoms with Crippen LogP contribution in [0.1, 0.15) is 31.4 Å². The van der Waals surface area contributed by atoms with Gasteiger partial charge < -0.3 is 4.74 Å². The Morgan fingerprint density at radius 3 is 2.44 bits per heavy atom. The predicted octanol–water partition coefficient (Wildman–Crippen LogP) is 4.58. The number of methoxy groups -OCH3 is 1. The summed E-state index contributed by atoms with van der Waals surface area (Å²) in [5.74, 6) is 1.78. The Kier molecular flexibility index (Phi) is 7.01. The van der Waals surface area contributed by atoms with E-state index in [2.05, 4.69) is 51.8 Å². The quantitative estimate of drug-likeness (QED) is 0.400. The van der Waals surface area contributed by atoms with Crippen molar-refractivity contribution in [2.45, 2.75) is 38.3 Å². The molecular formula is C21H26N4OS. The Morgan fingerprint density at radius 1 is 1.04 bits per heavy atom. The van der Waals surface area contributed by atoms with Gasteiger partial charge in [-0.05, 0) is 42.5 Å². The Bertz CT molecular complexity index is 842.